The minimum atomic E-state index is -0.236. The van der Waals surface area contributed by atoms with E-state index in [1.807, 2.05) is 25.1 Å². The second-order valence-electron chi connectivity index (χ2n) is 4.78. The van der Waals surface area contributed by atoms with E-state index in [4.69, 9.17) is 0 Å². The smallest absolute Gasteiger partial charge is 0.255 e. The molecule has 1 atom stereocenters. The molecule has 0 aromatic heterocycles. The van der Waals surface area contributed by atoms with Crippen molar-refractivity contribution in [1.82, 2.24) is 10.2 Å². The number of amides is 2. The van der Waals surface area contributed by atoms with Gasteiger partial charge in [-0.25, -0.2) is 0 Å². The van der Waals surface area contributed by atoms with Crippen LogP contribution in [0.5, 0.6) is 0 Å². The summed E-state index contributed by atoms with van der Waals surface area (Å²) in [5, 5.41) is 5.76. The molecular formula is C15H23N3O2. The number of benzene rings is 1. The largest absolute Gasteiger partial charge is 0.385 e. The maximum Gasteiger partial charge on any atom is 0.255 e. The molecule has 0 aliphatic rings. The maximum atomic E-state index is 12.4. The van der Waals surface area contributed by atoms with Gasteiger partial charge in [-0.15, -0.1) is 0 Å². The second kappa shape index (κ2) is 7.53. The first kappa shape index (κ1) is 16.0. The summed E-state index contributed by atoms with van der Waals surface area (Å²) >= 11 is 0. The van der Waals surface area contributed by atoms with Gasteiger partial charge >= 0.3 is 0 Å². The average Bonchev–Trinajstić information content (AvgIpc) is 2.46. The first-order chi connectivity index (χ1) is 9.51. The maximum absolute atomic E-state index is 12.4. The van der Waals surface area contributed by atoms with Crippen LogP contribution < -0.4 is 10.6 Å². The molecule has 0 saturated heterocycles. The molecule has 110 valence electrons. The van der Waals surface area contributed by atoms with Gasteiger partial charge in [-0.05, 0) is 19.1 Å². The van der Waals surface area contributed by atoms with Crippen LogP contribution in [0.1, 0.15) is 24.2 Å². The van der Waals surface area contributed by atoms with Gasteiger partial charge in [0.2, 0.25) is 5.91 Å². The number of rotatable bonds is 6. The summed E-state index contributed by atoms with van der Waals surface area (Å²) in [6, 6.07) is 7.40. The van der Waals surface area contributed by atoms with E-state index < -0.39 is 0 Å². The van der Waals surface area contributed by atoms with Crippen molar-refractivity contribution in [3.63, 3.8) is 0 Å². The van der Waals surface area contributed by atoms with Gasteiger partial charge in [0.05, 0.1) is 11.5 Å². The monoisotopic (exact) mass is 277 g/mol. The van der Waals surface area contributed by atoms with Crippen molar-refractivity contribution >= 4 is 17.5 Å². The SMILES string of the molecule is CCNc1ccccc1C(=O)N(C)CC(C)C(=O)NC. The molecule has 5 nitrogen and oxygen atoms in total. The van der Waals surface area contributed by atoms with Crippen molar-refractivity contribution < 1.29 is 9.59 Å². The van der Waals surface area contributed by atoms with Crippen LogP contribution in [0.25, 0.3) is 0 Å². The molecule has 0 saturated carbocycles. The van der Waals surface area contributed by atoms with Crippen molar-refractivity contribution in [3.8, 4) is 0 Å². The summed E-state index contributed by atoms with van der Waals surface area (Å²) in [4.78, 5) is 25.5. The van der Waals surface area contributed by atoms with E-state index >= 15 is 0 Å². The molecule has 1 aromatic rings. The molecule has 1 rings (SSSR count). The van der Waals surface area contributed by atoms with Crippen LogP contribution in [0.3, 0.4) is 0 Å². The minimum Gasteiger partial charge on any atom is -0.385 e. The lowest BCUT2D eigenvalue weighted by molar-refractivity contribution is -0.124. The summed E-state index contributed by atoms with van der Waals surface area (Å²) in [6.07, 6.45) is 0. The van der Waals surface area contributed by atoms with Gasteiger partial charge in [0.15, 0.2) is 0 Å². The Bertz CT molecular complexity index is 474. The molecule has 0 aliphatic carbocycles. The number of hydrogen-bond acceptors (Lipinski definition) is 3. The van der Waals surface area contributed by atoms with Crippen molar-refractivity contribution in [2.45, 2.75) is 13.8 Å². The zero-order valence-electron chi connectivity index (χ0n) is 12.6. The van der Waals surface area contributed by atoms with Gasteiger partial charge in [-0.1, -0.05) is 19.1 Å². The quantitative estimate of drug-likeness (QED) is 0.830. The highest BCUT2D eigenvalue weighted by molar-refractivity contribution is 5.99. The zero-order chi connectivity index (χ0) is 15.1. The van der Waals surface area contributed by atoms with E-state index in [1.54, 1.807) is 32.0 Å². The molecule has 1 aromatic carbocycles. The standard InChI is InChI=1S/C15H23N3O2/c1-5-17-13-9-7-6-8-12(13)15(20)18(4)10-11(2)14(19)16-3/h6-9,11,17H,5,10H2,1-4H3,(H,16,19). The molecule has 0 fully saturated rings. The minimum absolute atomic E-state index is 0.0652. The molecule has 0 spiro atoms. The first-order valence-electron chi connectivity index (χ1n) is 6.81. The Morgan fingerprint density at radius 3 is 2.55 bits per heavy atom. The zero-order valence-corrected chi connectivity index (χ0v) is 12.6. The van der Waals surface area contributed by atoms with Crippen LogP contribution in [-0.2, 0) is 4.79 Å². The summed E-state index contributed by atoms with van der Waals surface area (Å²) < 4.78 is 0. The summed E-state index contributed by atoms with van der Waals surface area (Å²) in [7, 11) is 3.31. The first-order valence-corrected chi connectivity index (χ1v) is 6.81. The number of nitrogens with zero attached hydrogens (tertiary/aromatic N) is 1. The molecule has 2 amide bonds. The second-order valence-corrected chi connectivity index (χ2v) is 4.78. The van der Waals surface area contributed by atoms with Crippen LogP contribution in [0, 0.1) is 5.92 Å². The highest BCUT2D eigenvalue weighted by Crippen LogP contribution is 2.17. The van der Waals surface area contributed by atoms with E-state index in [2.05, 4.69) is 10.6 Å². The molecule has 0 heterocycles. The van der Waals surface area contributed by atoms with Crippen LogP contribution in [-0.4, -0.2) is 43.9 Å². The highest BCUT2D eigenvalue weighted by Gasteiger charge is 2.20. The number of nitrogens with one attached hydrogen (secondary N) is 2. The fourth-order valence-corrected chi connectivity index (χ4v) is 2.04. The topological polar surface area (TPSA) is 61.4 Å². The van der Waals surface area contributed by atoms with Crippen molar-refractivity contribution in [2.75, 3.05) is 32.5 Å². The van der Waals surface area contributed by atoms with Crippen LogP contribution in [0.15, 0.2) is 24.3 Å². The average molecular weight is 277 g/mol. The molecule has 0 bridgehead atoms. The van der Waals surface area contributed by atoms with Crippen LogP contribution in [0.4, 0.5) is 5.69 Å². The Morgan fingerprint density at radius 1 is 1.30 bits per heavy atom. The number of carbonyl (C=O) groups is 2. The third-order valence-electron chi connectivity index (χ3n) is 3.11. The van der Waals surface area contributed by atoms with Crippen LogP contribution >= 0.6 is 0 Å². The molecule has 2 N–H and O–H groups in total. The van der Waals surface area contributed by atoms with Gasteiger partial charge in [-0.3, -0.25) is 9.59 Å². The lowest BCUT2D eigenvalue weighted by Gasteiger charge is -2.22. The number of carbonyl (C=O) groups excluding carboxylic acids is 2. The lowest BCUT2D eigenvalue weighted by atomic mass is 10.1. The van der Waals surface area contributed by atoms with Gasteiger partial charge < -0.3 is 15.5 Å². The van der Waals surface area contributed by atoms with Crippen molar-refractivity contribution in [2.24, 2.45) is 5.92 Å². The Labute approximate surface area is 120 Å². The van der Waals surface area contributed by atoms with Gasteiger partial charge in [-0.2, -0.15) is 0 Å². The third kappa shape index (κ3) is 3.98. The van der Waals surface area contributed by atoms with Gasteiger partial charge in [0.1, 0.15) is 0 Å². The highest BCUT2D eigenvalue weighted by atomic mass is 16.2. The predicted molar refractivity (Wildman–Crippen MR) is 80.8 cm³/mol. The van der Waals surface area contributed by atoms with E-state index in [1.165, 1.54) is 0 Å². The van der Waals surface area contributed by atoms with Crippen molar-refractivity contribution in [1.29, 1.82) is 0 Å². The molecule has 0 radical (unpaired) electrons. The van der Waals surface area contributed by atoms with E-state index in [-0.39, 0.29) is 17.7 Å². The van der Waals surface area contributed by atoms with Crippen molar-refractivity contribution in [3.05, 3.63) is 29.8 Å². The molecule has 0 aliphatic heterocycles. The van der Waals surface area contributed by atoms with E-state index in [9.17, 15) is 9.59 Å². The molecule has 20 heavy (non-hydrogen) atoms. The molecular weight excluding hydrogens is 254 g/mol. The Hall–Kier alpha value is -2.04. The summed E-state index contributed by atoms with van der Waals surface area (Å²) in [5.41, 5.74) is 1.44. The fourth-order valence-electron chi connectivity index (χ4n) is 2.04. The van der Waals surface area contributed by atoms with Crippen LogP contribution in [0.2, 0.25) is 0 Å². The summed E-state index contributed by atoms with van der Waals surface area (Å²) in [5.74, 6) is -0.387. The lowest BCUT2D eigenvalue weighted by Crippen LogP contribution is -2.37. The number of para-hydroxylation sites is 1. The third-order valence-corrected chi connectivity index (χ3v) is 3.11. The molecule has 5 heteroatoms. The Kier molecular flexibility index (Phi) is 6.03. The Balaban J connectivity index is 2.81. The number of anilines is 1. The fraction of sp³-hybridized carbons (Fsp3) is 0.467. The van der Waals surface area contributed by atoms with Gasteiger partial charge in [0, 0.05) is 32.9 Å². The normalized spacial score (nSPS) is 11.6. The van der Waals surface area contributed by atoms with E-state index in [0.29, 0.717) is 12.1 Å². The van der Waals surface area contributed by atoms with E-state index in [0.717, 1.165) is 12.2 Å². The molecule has 1 unspecified atom stereocenters. The predicted octanol–water partition coefficient (Wildman–Crippen LogP) is 1.57. The number of hydrogen-bond donors (Lipinski definition) is 2. The summed E-state index contributed by atoms with van der Waals surface area (Å²) in [6.45, 7) is 4.93. The Morgan fingerprint density at radius 2 is 1.95 bits per heavy atom. The van der Waals surface area contributed by atoms with Gasteiger partial charge in [0.25, 0.3) is 5.91 Å².